The molecule has 0 atom stereocenters. The molecule has 5 heteroatoms. The Balaban J connectivity index is 1.57. The van der Waals surface area contributed by atoms with Gasteiger partial charge in [0.25, 0.3) is 0 Å². The highest BCUT2D eigenvalue weighted by Gasteiger charge is 2.22. The monoisotopic (exact) mass is 350 g/mol. The van der Waals surface area contributed by atoms with Gasteiger partial charge in [0.05, 0.1) is 5.69 Å². The van der Waals surface area contributed by atoms with Gasteiger partial charge in [0.1, 0.15) is 5.82 Å². The van der Waals surface area contributed by atoms with Crippen molar-refractivity contribution in [3.05, 3.63) is 71.2 Å². The van der Waals surface area contributed by atoms with Crippen LogP contribution in [0, 0.1) is 0 Å². The zero-order valence-corrected chi connectivity index (χ0v) is 14.5. The van der Waals surface area contributed by atoms with Crippen molar-refractivity contribution in [3.8, 4) is 11.3 Å². The summed E-state index contributed by atoms with van der Waals surface area (Å²) in [5.74, 6) is 1.49. The van der Waals surface area contributed by atoms with Crippen LogP contribution >= 0.6 is 11.6 Å². The molecule has 1 aliphatic carbocycles. The van der Waals surface area contributed by atoms with Crippen LogP contribution in [0.4, 0.5) is 11.8 Å². The lowest BCUT2D eigenvalue weighted by Gasteiger charge is -2.11. The van der Waals surface area contributed by atoms with Crippen LogP contribution in [-0.2, 0) is 6.54 Å². The molecular weight excluding hydrogens is 332 g/mol. The van der Waals surface area contributed by atoms with Crippen LogP contribution in [-0.4, -0.2) is 16.0 Å². The van der Waals surface area contributed by atoms with Crippen molar-refractivity contribution in [2.24, 2.45) is 0 Å². The number of anilines is 2. The van der Waals surface area contributed by atoms with Gasteiger partial charge >= 0.3 is 0 Å². The normalized spacial score (nSPS) is 13.5. The minimum Gasteiger partial charge on any atom is -0.367 e. The topological polar surface area (TPSA) is 49.8 Å². The van der Waals surface area contributed by atoms with Crippen LogP contribution in [0.3, 0.4) is 0 Å². The third kappa shape index (κ3) is 4.28. The van der Waals surface area contributed by atoms with Crippen LogP contribution in [0.15, 0.2) is 60.7 Å². The molecule has 1 fully saturated rings. The molecule has 0 saturated heterocycles. The molecule has 1 aliphatic rings. The minimum atomic E-state index is 0.544. The fourth-order valence-electron chi connectivity index (χ4n) is 2.58. The van der Waals surface area contributed by atoms with Crippen LogP contribution in [0.5, 0.6) is 0 Å². The van der Waals surface area contributed by atoms with Gasteiger partial charge in [-0.15, -0.1) is 0 Å². The summed E-state index contributed by atoms with van der Waals surface area (Å²) in [6, 6.07) is 20.5. The van der Waals surface area contributed by atoms with E-state index in [4.69, 9.17) is 11.6 Å². The Morgan fingerprint density at radius 3 is 2.44 bits per heavy atom. The van der Waals surface area contributed by atoms with Gasteiger partial charge < -0.3 is 10.6 Å². The Hall–Kier alpha value is -2.59. The Morgan fingerprint density at radius 2 is 1.72 bits per heavy atom. The predicted octanol–water partition coefficient (Wildman–Crippen LogP) is 4.98. The lowest BCUT2D eigenvalue weighted by atomic mass is 10.1. The van der Waals surface area contributed by atoms with E-state index in [0.717, 1.165) is 27.7 Å². The van der Waals surface area contributed by atoms with Gasteiger partial charge in [-0.2, -0.15) is 4.98 Å². The zero-order valence-electron chi connectivity index (χ0n) is 13.7. The second-order valence-electron chi connectivity index (χ2n) is 6.23. The molecule has 0 radical (unpaired) electrons. The third-order valence-corrected chi connectivity index (χ3v) is 4.34. The van der Waals surface area contributed by atoms with Gasteiger partial charge in [0.2, 0.25) is 5.95 Å². The number of nitrogens with one attached hydrogen (secondary N) is 2. The molecular formula is C20H19ClN4. The maximum Gasteiger partial charge on any atom is 0.225 e. The summed E-state index contributed by atoms with van der Waals surface area (Å²) in [6.07, 6.45) is 2.41. The van der Waals surface area contributed by atoms with E-state index >= 15 is 0 Å². The summed E-state index contributed by atoms with van der Waals surface area (Å²) in [5, 5.41) is 7.52. The number of hydrogen-bond donors (Lipinski definition) is 2. The summed E-state index contributed by atoms with van der Waals surface area (Å²) in [5.41, 5.74) is 3.13. The third-order valence-electron chi connectivity index (χ3n) is 4.09. The maximum atomic E-state index is 5.94. The predicted molar refractivity (Wildman–Crippen MR) is 103 cm³/mol. The first-order valence-electron chi connectivity index (χ1n) is 8.46. The Labute approximate surface area is 152 Å². The molecule has 4 rings (SSSR count). The highest BCUT2D eigenvalue weighted by molar-refractivity contribution is 6.30. The number of benzene rings is 2. The van der Waals surface area contributed by atoms with Crippen molar-refractivity contribution < 1.29 is 0 Å². The van der Waals surface area contributed by atoms with E-state index in [9.17, 15) is 0 Å². The standard InChI is InChI=1S/C20H19ClN4/c21-16-8-6-14(7-9-16)13-22-20-24-18(15-4-2-1-3-5-15)12-19(25-20)23-17-10-11-17/h1-9,12,17H,10-11,13H2,(H2,22,23,24,25). The molecule has 0 unspecified atom stereocenters. The largest absolute Gasteiger partial charge is 0.367 e. The quantitative estimate of drug-likeness (QED) is 0.658. The van der Waals surface area contributed by atoms with Crippen LogP contribution in [0.2, 0.25) is 5.02 Å². The van der Waals surface area contributed by atoms with Crippen LogP contribution in [0.1, 0.15) is 18.4 Å². The first kappa shape index (κ1) is 15.9. The molecule has 126 valence electrons. The minimum absolute atomic E-state index is 0.544. The van der Waals surface area contributed by atoms with Crippen molar-refractivity contribution in [3.63, 3.8) is 0 Å². The molecule has 0 aliphatic heterocycles. The molecule has 2 aromatic carbocycles. The number of rotatable bonds is 6. The highest BCUT2D eigenvalue weighted by atomic mass is 35.5. The second kappa shape index (κ2) is 7.11. The summed E-state index contributed by atoms with van der Waals surface area (Å²) >= 11 is 5.94. The molecule has 1 heterocycles. The SMILES string of the molecule is Clc1ccc(CNc2nc(NC3CC3)cc(-c3ccccc3)n2)cc1. The molecule has 0 spiro atoms. The first-order valence-corrected chi connectivity index (χ1v) is 8.83. The van der Waals surface area contributed by atoms with Crippen molar-refractivity contribution >= 4 is 23.4 Å². The molecule has 4 nitrogen and oxygen atoms in total. The molecule has 25 heavy (non-hydrogen) atoms. The first-order chi connectivity index (χ1) is 12.3. The summed E-state index contributed by atoms with van der Waals surface area (Å²) < 4.78 is 0. The fraction of sp³-hybridized carbons (Fsp3) is 0.200. The molecule has 1 saturated carbocycles. The number of halogens is 1. The van der Waals surface area contributed by atoms with Crippen LogP contribution in [0.25, 0.3) is 11.3 Å². The van der Waals surface area contributed by atoms with Gasteiger partial charge in [-0.3, -0.25) is 0 Å². The average molecular weight is 351 g/mol. The van der Waals surface area contributed by atoms with Crippen LogP contribution < -0.4 is 10.6 Å². The summed E-state index contributed by atoms with van der Waals surface area (Å²) in [6.45, 7) is 0.651. The van der Waals surface area contributed by atoms with Gasteiger partial charge in [-0.05, 0) is 30.5 Å². The Bertz CT molecular complexity index is 845. The second-order valence-corrected chi connectivity index (χ2v) is 6.66. The Morgan fingerprint density at radius 1 is 0.960 bits per heavy atom. The number of hydrogen-bond acceptors (Lipinski definition) is 4. The van der Waals surface area contributed by atoms with Crippen molar-refractivity contribution in [2.75, 3.05) is 10.6 Å². The van der Waals surface area contributed by atoms with E-state index in [1.54, 1.807) is 0 Å². The van der Waals surface area contributed by atoms with Crippen molar-refractivity contribution in [2.45, 2.75) is 25.4 Å². The zero-order chi connectivity index (χ0) is 17.1. The highest BCUT2D eigenvalue weighted by Crippen LogP contribution is 2.27. The fourth-order valence-corrected chi connectivity index (χ4v) is 2.70. The van der Waals surface area contributed by atoms with E-state index in [-0.39, 0.29) is 0 Å². The van der Waals surface area contributed by atoms with E-state index in [2.05, 4.69) is 32.7 Å². The van der Waals surface area contributed by atoms with E-state index in [1.165, 1.54) is 12.8 Å². The van der Waals surface area contributed by atoms with E-state index < -0.39 is 0 Å². The summed E-state index contributed by atoms with van der Waals surface area (Å²) in [4.78, 5) is 9.29. The summed E-state index contributed by atoms with van der Waals surface area (Å²) in [7, 11) is 0. The lowest BCUT2D eigenvalue weighted by Crippen LogP contribution is -2.09. The smallest absolute Gasteiger partial charge is 0.225 e. The molecule has 3 aromatic rings. The molecule has 0 amide bonds. The lowest BCUT2D eigenvalue weighted by molar-refractivity contribution is 1.04. The van der Waals surface area contributed by atoms with Crippen molar-refractivity contribution in [1.29, 1.82) is 0 Å². The number of nitrogens with zero attached hydrogens (tertiary/aromatic N) is 2. The molecule has 1 aromatic heterocycles. The maximum absolute atomic E-state index is 5.94. The van der Waals surface area contributed by atoms with E-state index in [0.29, 0.717) is 18.5 Å². The van der Waals surface area contributed by atoms with Gasteiger partial charge in [-0.25, -0.2) is 4.98 Å². The van der Waals surface area contributed by atoms with Gasteiger partial charge in [0.15, 0.2) is 0 Å². The molecule has 2 N–H and O–H groups in total. The molecule has 0 bridgehead atoms. The van der Waals surface area contributed by atoms with Gasteiger partial charge in [-0.1, -0.05) is 54.1 Å². The Kier molecular flexibility index (Phi) is 4.53. The van der Waals surface area contributed by atoms with Gasteiger partial charge in [0, 0.05) is 29.2 Å². The van der Waals surface area contributed by atoms with E-state index in [1.807, 2.05) is 48.5 Å². The average Bonchev–Trinajstić information content (AvgIpc) is 3.46. The number of aromatic nitrogens is 2. The van der Waals surface area contributed by atoms with Crippen molar-refractivity contribution in [1.82, 2.24) is 9.97 Å².